The zero-order valence-electron chi connectivity index (χ0n) is 22.2. The highest BCUT2D eigenvalue weighted by atomic mass is 32.2. The molecular weight excluding hydrogens is 536 g/mol. The van der Waals surface area contributed by atoms with E-state index in [4.69, 9.17) is 14.2 Å². The van der Waals surface area contributed by atoms with Crippen molar-refractivity contribution in [3.8, 4) is 28.8 Å². The van der Waals surface area contributed by atoms with E-state index < -0.39 is 10.0 Å². The number of benzene rings is 2. The Labute approximate surface area is 231 Å². The number of hydrogen-bond acceptors (Lipinski definition) is 9. The van der Waals surface area contributed by atoms with Crippen LogP contribution in [-0.2, 0) is 10.0 Å². The summed E-state index contributed by atoms with van der Waals surface area (Å²) in [6.07, 6.45) is 2.77. The van der Waals surface area contributed by atoms with Crippen molar-refractivity contribution >= 4 is 21.6 Å². The fourth-order valence-electron chi connectivity index (χ4n) is 4.46. The van der Waals surface area contributed by atoms with Gasteiger partial charge in [0, 0.05) is 24.7 Å². The second kappa shape index (κ2) is 11.9. The number of aromatic nitrogens is 4. The number of sulfonamides is 1. The number of piperidine rings is 1. The van der Waals surface area contributed by atoms with E-state index in [2.05, 4.69) is 20.6 Å². The van der Waals surface area contributed by atoms with Crippen LogP contribution in [0.1, 0.15) is 29.6 Å². The molecular formula is C27H30N6O6S. The third-order valence-electron chi connectivity index (χ3n) is 6.59. The number of carbonyl (C=O) groups excluding carboxylic acids is 1. The van der Waals surface area contributed by atoms with E-state index in [1.54, 1.807) is 49.1 Å². The normalized spacial score (nSPS) is 14.2. The third-order valence-corrected chi connectivity index (χ3v) is 8.51. The fraction of sp³-hybridized carbons (Fsp3) is 0.333. The molecule has 1 aliphatic rings. The van der Waals surface area contributed by atoms with Crippen LogP contribution in [0.3, 0.4) is 0 Å². The molecule has 3 heterocycles. The van der Waals surface area contributed by atoms with Gasteiger partial charge < -0.3 is 19.5 Å². The Morgan fingerprint density at radius 3 is 2.45 bits per heavy atom. The number of nitrogens with zero attached hydrogens (tertiary/aromatic N) is 5. The van der Waals surface area contributed by atoms with E-state index >= 15 is 0 Å². The number of carbonyl (C=O) groups is 1. The van der Waals surface area contributed by atoms with Gasteiger partial charge in [0.15, 0.2) is 11.5 Å². The van der Waals surface area contributed by atoms with Gasteiger partial charge in [-0.1, -0.05) is 6.42 Å². The van der Waals surface area contributed by atoms with Crippen molar-refractivity contribution in [3.05, 3.63) is 60.2 Å². The van der Waals surface area contributed by atoms with Crippen molar-refractivity contribution in [1.82, 2.24) is 29.4 Å². The van der Waals surface area contributed by atoms with Gasteiger partial charge in [0.1, 0.15) is 18.1 Å². The van der Waals surface area contributed by atoms with Crippen LogP contribution in [0.5, 0.6) is 17.4 Å². The van der Waals surface area contributed by atoms with E-state index in [1.165, 1.54) is 28.6 Å². The second-order valence-electron chi connectivity index (χ2n) is 9.12. The van der Waals surface area contributed by atoms with Gasteiger partial charge >= 0.3 is 0 Å². The number of hydrogen-bond donors (Lipinski definition) is 1. The Kier molecular flexibility index (Phi) is 8.12. The van der Waals surface area contributed by atoms with Crippen LogP contribution < -0.4 is 19.5 Å². The van der Waals surface area contributed by atoms with E-state index in [0.29, 0.717) is 53.1 Å². The quantitative estimate of drug-likeness (QED) is 0.287. The zero-order valence-corrected chi connectivity index (χ0v) is 23.1. The van der Waals surface area contributed by atoms with Crippen LogP contribution in [-0.4, -0.2) is 78.9 Å². The van der Waals surface area contributed by atoms with Crippen LogP contribution in [0.25, 0.3) is 17.0 Å². The van der Waals surface area contributed by atoms with E-state index in [-0.39, 0.29) is 24.0 Å². The lowest BCUT2D eigenvalue weighted by Crippen LogP contribution is -2.35. The molecule has 0 radical (unpaired) electrons. The molecule has 1 amide bonds. The molecule has 1 N–H and O–H groups in total. The van der Waals surface area contributed by atoms with E-state index in [9.17, 15) is 13.2 Å². The van der Waals surface area contributed by atoms with Crippen LogP contribution in [0.2, 0.25) is 0 Å². The first-order chi connectivity index (χ1) is 19.4. The predicted octanol–water partition coefficient (Wildman–Crippen LogP) is 2.79. The standard InChI is InChI=1S/C27H30N6O6S/c1-37-20-8-11-23(38-2)22(18-20)26-30-29-24-12-13-25(31-33(24)26)39-17-14-28-27(34)19-6-9-21(10-7-19)40(35,36)32-15-4-3-5-16-32/h6-13,18H,3-5,14-17H2,1-2H3,(H,28,34). The molecule has 1 fully saturated rings. The monoisotopic (exact) mass is 566 g/mol. The van der Waals surface area contributed by atoms with Gasteiger partial charge in [-0.15, -0.1) is 15.3 Å². The first kappa shape index (κ1) is 27.3. The van der Waals surface area contributed by atoms with E-state index in [1.807, 2.05) is 0 Å². The summed E-state index contributed by atoms with van der Waals surface area (Å²) >= 11 is 0. The van der Waals surface area contributed by atoms with E-state index in [0.717, 1.165) is 19.3 Å². The maximum Gasteiger partial charge on any atom is 0.251 e. The summed E-state index contributed by atoms with van der Waals surface area (Å²) in [6.45, 7) is 1.43. The van der Waals surface area contributed by atoms with Crippen molar-refractivity contribution in [2.45, 2.75) is 24.2 Å². The molecule has 2 aromatic heterocycles. The number of methoxy groups -OCH3 is 2. The zero-order chi connectivity index (χ0) is 28.1. The Morgan fingerprint density at radius 1 is 0.950 bits per heavy atom. The average molecular weight is 567 g/mol. The molecule has 0 unspecified atom stereocenters. The summed E-state index contributed by atoms with van der Waals surface area (Å²) in [6, 6.07) is 14.7. The third kappa shape index (κ3) is 5.70. The van der Waals surface area contributed by atoms with Crippen LogP contribution in [0.15, 0.2) is 59.5 Å². The summed E-state index contributed by atoms with van der Waals surface area (Å²) in [5, 5.41) is 15.7. The van der Waals surface area contributed by atoms with Gasteiger partial charge in [0.2, 0.25) is 15.9 Å². The summed E-state index contributed by atoms with van der Waals surface area (Å²) in [5.74, 6) is 1.66. The van der Waals surface area contributed by atoms with Gasteiger partial charge in [-0.2, -0.15) is 8.82 Å². The van der Waals surface area contributed by atoms with Gasteiger partial charge in [0.05, 0.1) is 31.2 Å². The molecule has 210 valence electrons. The van der Waals surface area contributed by atoms with Gasteiger partial charge in [-0.25, -0.2) is 8.42 Å². The molecule has 0 atom stereocenters. The number of fused-ring (bicyclic) bond motifs is 1. The van der Waals surface area contributed by atoms with Gasteiger partial charge in [-0.05, 0) is 61.4 Å². The molecule has 2 aromatic carbocycles. The summed E-state index contributed by atoms with van der Waals surface area (Å²) < 4.78 is 45.2. The van der Waals surface area contributed by atoms with Crippen molar-refractivity contribution in [3.63, 3.8) is 0 Å². The summed E-state index contributed by atoms with van der Waals surface area (Å²) in [4.78, 5) is 12.8. The molecule has 13 heteroatoms. The number of amides is 1. The van der Waals surface area contributed by atoms with Gasteiger partial charge in [-0.3, -0.25) is 4.79 Å². The number of rotatable bonds is 10. The Balaban J connectivity index is 1.20. The maximum absolute atomic E-state index is 12.8. The topological polar surface area (TPSA) is 137 Å². The van der Waals surface area contributed by atoms with Crippen molar-refractivity contribution in [2.75, 3.05) is 40.5 Å². The van der Waals surface area contributed by atoms with Crippen LogP contribution in [0.4, 0.5) is 0 Å². The van der Waals surface area contributed by atoms with Gasteiger partial charge in [0.25, 0.3) is 5.91 Å². The molecule has 1 saturated heterocycles. The highest BCUT2D eigenvalue weighted by Gasteiger charge is 2.26. The molecule has 12 nitrogen and oxygen atoms in total. The molecule has 40 heavy (non-hydrogen) atoms. The fourth-order valence-corrected chi connectivity index (χ4v) is 5.98. The predicted molar refractivity (Wildman–Crippen MR) is 146 cm³/mol. The molecule has 5 rings (SSSR count). The minimum Gasteiger partial charge on any atom is -0.497 e. The smallest absolute Gasteiger partial charge is 0.251 e. The molecule has 1 aliphatic heterocycles. The van der Waals surface area contributed by atoms with Crippen LogP contribution in [0, 0.1) is 0 Å². The molecule has 0 spiro atoms. The van der Waals surface area contributed by atoms with Crippen LogP contribution >= 0.6 is 0 Å². The molecule has 0 bridgehead atoms. The lowest BCUT2D eigenvalue weighted by molar-refractivity contribution is 0.0946. The SMILES string of the molecule is COc1ccc(OC)c(-c2nnc3ccc(OCCNC(=O)c4ccc(S(=O)(=O)N5CCCCC5)cc4)nn23)c1. The first-order valence-electron chi connectivity index (χ1n) is 12.9. The highest BCUT2D eigenvalue weighted by Crippen LogP contribution is 2.32. The Morgan fingerprint density at radius 2 is 1.73 bits per heavy atom. The Bertz CT molecular complexity index is 1600. The summed E-state index contributed by atoms with van der Waals surface area (Å²) in [5.41, 5.74) is 1.53. The number of nitrogens with one attached hydrogen (secondary N) is 1. The molecule has 4 aromatic rings. The largest absolute Gasteiger partial charge is 0.497 e. The minimum absolute atomic E-state index is 0.158. The molecule has 0 saturated carbocycles. The number of ether oxygens (including phenoxy) is 3. The highest BCUT2D eigenvalue weighted by molar-refractivity contribution is 7.89. The lowest BCUT2D eigenvalue weighted by atomic mass is 10.2. The second-order valence-corrected chi connectivity index (χ2v) is 11.1. The lowest BCUT2D eigenvalue weighted by Gasteiger charge is -2.25. The average Bonchev–Trinajstić information content (AvgIpc) is 3.42. The summed E-state index contributed by atoms with van der Waals surface area (Å²) in [7, 11) is -0.403. The molecule has 0 aliphatic carbocycles. The Hall–Kier alpha value is -4.23. The minimum atomic E-state index is -3.55. The first-order valence-corrected chi connectivity index (χ1v) is 14.3. The van der Waals surface area contributed by atoms with Crippen molar-refractivity contribution in [2.24, 2.45) is 0 Å². The maximum atomic E-state index is 12.8. The van der Waals surface area contributed by atoms with Crippen molar-refractivity contribution in [1.29, 1.82) is 0 Å². The van der Waals surface area contributed by atoms with Crippen molar-refractivity contribution < 1.29 is 27.4 Å².